The van der Waals surface area contributed by atoms with Gasteiger partial charge in [0.25, 0.3) is 0 Å². The van der Waals surface area contributed by atoms with E-state index in [0.717, 1.165) is 53.2 Å². The summed E-state index contributed by atoms with van der Waals surface area (Å²) in [5, 5.41) is 15.1. The molecular weight excluding hydrogens is 382 g/mol. The third kappa shape index (κ3) is 5.67. The van der Waals surface area contributed by atoms with Crippen LogP contribution in [0.25, 0.3) is 0 Å². The Bertz CT molecular complexity index is 778. The van der Waals surface area contributed by atoms with Gasteiger partial charge < -0.3 is 15.5 Å². The van der Waals surface area contributed by atoms with Crippen LogP contribution in [0.5, 0.6) is 0 Å². The zero-order valence-electron chi connectivity index (χ0n) is 15.2. The number of aromatic nitrogens is 2. The van der Waals surface area contributed by atoms with E-state index in [4.69, 9.17) is 0 Å². The SMILES string of the molecule is CCCCNc1nnc(SCC(=O)Nc2ccc(N3CCCC3=O)cc2)s1. The molecule has 9 heteroatoms. The van der Waals surface area contributed by atoms with Gasteiger partial charge in [0.2, 0.25) is 16.9 Å². The van der Waals surface area contributed by atoms with Crippen LogP contribution in [-0.2, 0) is 9.59 Å². The number of benzene rings is 1. The zero-order chi connectivity index (χ0) is 19.1. The largest absolute Gasteiger partial charge is 0.360 e. The molecule has 0 saturated carbocycles. The number of anilines is 3. The van der Waals surface area contributed by atoms with Crippen LogP contribution in [0.4, 0.5) is 16.5 Å². The smallest absolute Gasteiger partial charge is 0.234 e. The molecule has 1 aliphatic rings. The fraction of sp³-hybridized carbons (Fsp3) is 0.444. The Morgan fingerprint density at radius 2 is 2.11 bits per heavy atom. The first-order valence-corrected chi connectivity index (χ1v) is 10.9. The average Bonchev–Trinajstić information content (AvgIpc) is 3.30. The Balaban J connectivity index is 1.44. The number of amides is 2. The molecule has 0 aliphatic carbocycles. The highest BCUT2D eigenvalue weighted by Gasteiger charge is 2.21. The first kappa shape index (κ1) is 19.6. The van der Waals surface area contributed by atoms with Crippen molar-refractivity contribution >= 4 is 51.4 Å². The topological polar surface area (TPSA) is 87.2 Å². The van der Waals surface area contributed by atoms with E-state index in [1.807, 2.05) is 24.3 Å². The lowest BCUT2D eigenvalue weighted by Gasteiger charge is -2.16. The van der Waals surface area contributed by atoms with Crippen molar-refractivity contribution in [3.8, 4) is 0 Å². The summed E-state index contributed by atoms with van der Waals surface area (Å²) >= 11 is 2.83. The number of carbonyl (C=O) groups is 2. The van der Waals surface area contributed by atoms with Gasteiger partial charge in [0.05, 0.1) is 5.75 Å². The van der Waals surface area contributed by atoms with Crippen LogP contribution >= 0.6 is 23.1 Å². The molecule has 27 heavy (non-hydrogen) atoms. The Morgan fingerprint density at radius 1 is 1.30 bits per heavy atom. The fourth-order valence-corrected chi connectivity index (χ4v) is 4.26. The van der Waals surface area contributed by atoms with Crippen LogP contribution in [0.2, 0.25) is 0 Å². The minimum Gasteiger partial charge on any atom is -0.360 e. The van der Waals surface area contributed by atoms with Gasteiger partial charge in [0.15, 0.2) is 4.34 Å². The number of hydrogen-bond acceptors (Lipinski definition) is 7. The van der Waals surface area contributed by atoms with E-state index in [9.17, 15) is 9.59 Å². The molecule has 3 rings (SSSR count). The number of unbranched alkanes of at least 4 members (excludes halogenated alkanes) is 1. The molecule has 2 aromatic rings. The maximum Gasteiger partial charge on any atom is 0.234 e. The van der Waals surface area contributed by atoms with E-state index >= 15 is 0 Å². The highest BCUT2D eigenvalue weighted by molar-refractivity contribution is 8.01. The number of nitrogens with one attached hydrogen (secondary N) is 2. The molecular formula is C18H23N5O2S2. The van der Waals surface area contributed by atoms with Crippen LogP contribution in [0.3, 0.4) is 0 Å². The molecule has 2 N–H and O–H groups in total. The lowest BCUT2D eigenvalue weighted by atomic mass is 10.2. The van der Waals surface area contributed by atoms with E-state index in [1.165, 1.54) is 23.1 Å². The Morgan fingerprint density at radius 3 is 2.81 bits per heavy atom. The summed E-state index contributed by atoms with van der Waals surface area (Å²) in [6, 6.07) is 7.38. The Labute approximate surface area is 166 Å². The van der Waals surface area contributed by atoms with Crippen molar-refractivity contribution in [1.29, 1.82) is 0 Å². The highest BCUT2D eigenvalue weighted by atomic mass is 32.2. The second-order valence-electron chi connectivity index (χ2n) is 6.19. The molecule has 144 valence electrons. The average molecular weight is 406 g/mol. The Hall–Kier alpha value is -2.13. The predicted molar refractivity (Wildman–Crippen MR) is 111 cm³/mol. The van der Waals surface area contributed by atoms with Gasteiger partial charge in [-0.1, -0.05) is 36.4 Å². The maximum atomic E-state index is 12.1. The molecule has 1 aromatic carbocycles. The maximum absolute atomic E-state index is 12.1. The van der Waals surface area contributed by atoms with Gasteiger partial charge in [0.1, 0.15) is 0 Å². The quantitative estimate of drug-likeness (QED) is 0.490. The van der Waals surface area contributed by atoms with Gasteiger partial charge in [0, 0.05) is 30.9 Å². The first-order chi connectivity index (χ1) is 13.2. The number of thioether (sulfide) groups is 1. The fourth-order valence-electron chi connectivity index (χ4n) is 2.68. The summed E-state index contributed by atoms with van der Waals surface area (Å²) in [5.41, 5.74) is 1.59. The molecule has 0 radical (unpaired) electrons. The molecule has 0 bridgehead atoms. The van der Waals surface area contributed by atoms with E-state index in [-0.39, 0.29) is 17.6 Å². The minimum atomic E-state index is -0.0966. The molecule has 1 fully saturated rings. The molecule has 1 aromatic heterocycles. The molecule has 7 nitrogen and oxygen atoms in total. The van der Waals surface area contributed by atoms with Crippen molar-refractivity contribution in [1.82, 2.24) is 10.2 Å². The van der Waals surface area contributed by atoms with Gasteiger partial charge in [-0.15, -0.1) is 10.2 Å². The van der Waals surface area contributed by atoms with E-state index in [2.05, 4.69) is 27.8 Å². The number of carbonyl (C=O) groups excluding carboxylic acids is 2. The second-order valence-corrected chi connectivity index (χ2v) is 8.39. The lowest BCUT2D eigenvalue weighted by molar-refractivity contribution is -0.117. The minimum absolute atomic E-state index is 0.0966. The van der Waals surface area contributed by atoms with Gasteiger partial charge >= 0.3 is 0 Å². The van der Waals surface area contributed by atoms with Crippen molar-refractivity contribution in [2.45, 2.75) is 36.9 Å². The first-order valence-electron chi connectivity index (χ1n) is 9.06. The molecule has 2 heterocycles. The van der Waals surface area contributed by atoms with Crippen LogP contribution in [0.1, 0.15) is 32.6 Å². The second kappa shape index (κ2) is 9.70. The zero-order valence-corrected chi connectivity index (χ0v) is 16.9. The summed E-state index contributed by atoms with van der Waals surface area (Å²) in [5.74, 6) is 0.333. The normalized spacial score (nSPS) is 13.8. The molecule has 1 saturated heterocycles. The number of rotatable bonds is 9. The molecule has 0 unspecified atom stereocenters. The van der Waals surface area contributed by atoms with Gasteiger partial charge in [-0.2, -0.15) is 0 Å². The van der Waals surface area contributed by atoms with Gasteiger partial charge in [-0.05, 0) is 37.1 Å². The molecule has 0 spiro atoms. The van der Waals surface area contributed by atoms with Crippen LogP contribution < -0.4 is 15.5 Å². The number of nitrogens with zero attached hydrogens (tertiary/aromatic N) is 3. The van der Waals surface area contributed by atoms with Crippen LogP contribution in [0, 0.1) is 0 Å². The summed E-state index contributed by atoms with van der Waals surface area (Å²) in [7, 11) is 0. The summed E-state index contributed by atoms with van der Waals surface area (Å²) in [6.07, 6.45) is 3.73. The van der Waals surface area contributed by atoms with Gasteiger partial charge in [-0.3, -0.25) is 9.59 Å². The van der Waals surface area contributed by atoms with Crippen molar-refractivity contribution in [3.63, 3.8) is 0 Å². The highest BCUT2D eigenvalue weighted by Crippen LogP contribution is 2.26. The number of hydrogen-bond donors (Lipinski definition) is 2. The van der Waals surface area contributed by atoms with Crippen LogP contribution in [0.15, 0.2) is 28.6 Å². The monoisotopic (exact) mass is 405 g/mol. The predicted octanol–water partition coefficient (Wildman–Crippen LogP) is 3.61. The van der Waals surface area contributed by atoms with Crippen molar-refractivity contribution in [3.05, 3.63) is 24.3 Å². The van der Waals surface area contributed by atoms with Crippen molar-refractivity contribution < 1.29 is 9.59 Å². The summed E-state index contributed by atoms with van der Waals surface area (Å²) in [6.45, 7) is 3.79. The lowest BCUT2D eigenvalue weighted by Crippen LogP contribution is -2.23. The molecule has 2 amide bonds. The van der Waals surface area contributed by atoms with Crippen molar-refractivity contribution in [2.24, 2.45) is 0 Å². The summed E-state index contributed by atoms with van der Waals surface area (Å²) in [4.78, 5) is 25.7. The van der Waals surface area contributed by atoms with E-state index in [1.54, 1.807) is 4.90 Å². The van der Waals surface area contributed by atoms with Gasteiger partial charge in [-0.25, -0.2) is 0 Å². The van der Waals surface area contributed by atoms with Crippen molar-refractivity contribution in [2.75, 3.05) is 34.4 Å². The standard InChI is InChI=1S/C18H23N5O2S2/c1-2-3-10-19-17-21-22-18(27-17)26-12-15(24)20-13-6-8-14(9-7-13)23-11-4-5-16(23)25/h6-9H,2-5,10-12H2,1H3,(H,19,21)(H,20,24). The third-order valence-corrected chi connectivity index (χ3v) is 6.09. The molecule has 1 aliphatic heterocycles. The van der Waals surface area contributed by atoms with E-state index in [0.29, 0.717) is 6.42 Å². The Kier molecular flexibility index (Phi) is 7.05. The van der Waals surface area contributed by atoms with E-state index < -0.39 is 0 Å². The third-order valence-electron chi connectivity index (χ3n) is 4.08. The summed E-state index contributed by atoms with van der Waals surface area (Å²) < 4.78 is 0.770. The van der Waals surface area contributed by atoms with Crippen LogP contribution in [-0.4, -0.2) is 40.9 Å². The molecule has 0 atom stereocenters.